The molecule has 1 saturated heterocycles. The summed E-state index contributed by atoms with van der Waals surface area (Å²) in [6, 6.07) is 12.2. The normalized spacial score (nSPS) is 15.9. The average Bonchev–Trinajstić information content (AvgIpc) is 3.53. The third-order valence-electron chi connectivity index (χ3n) is 6.28. The lowest BCUT2D eigenvalue weighted by atomic mass is 10.1. The maximum Gasteiger partial charge on any atom is 0.407 e. The van der Waals surface area contributed by atoms with Gasteiger partial charge in [0.1, 0.15) is 12.4 Å². The van der Waals surface area contributed by atoms with E-state index in [9.17, 15) is 14.0 Å². The molecule has 0 aliphatic carbocycles. The number of benzene rings is 1. The van der Waals surface area contributed by atoms with E-state index in [0.29, 0.717) is 41.0 Å². The average molecular weight is 535 g/mol. The minimum absolute atomic E-state index is 0.179. The first-order valence-electron chi connectivity index (χ1n) is 12.3. The summed E-state index contributed by atoms with van der Waals surface area (Å²) in [4.78, 5) is 41.6. The van der Waals surface area contributed by atoms with Crippen molar-refractivity contribution in [1.29, 1.82) is 0 Å². The van der Waals surface area contributed by atoms with Crippen LogP contribution in [0.1, 0.15) is 45.9 Å². The maximum atomic E-state index is 13.6. The molecule has 1 aliphatic heterocycles. The van der Waals surface area contributed by atoms with Crippen molar-refractivity contribution in [2.75, 3.05) is 18.4 Å². The molecule has 11 heteroatoms. The topological polar surface area (TPSA) is 109 Å². The Morgan fingerprint density at radius 2 is 2.03 bits per heavy atom. The number of thiophene rings is 1. The van der Waals surface area contributed by atoms with E-state index in [1.165, 1.54) is 17.4 Å². The van der Waals surface area contributed by atoms with Gasteiger partial charge in [-0.05, 0) is 43.5 Å². The molecule has 5 rings (SSSR count). The van der Waals surface area contributed by atoms with Crippen LogP contribution in [0.2, 0.25) is 0 Å². The van der Waals surface area contributed by atoms with E-state index in [0.717, 1.165) is 16.6 Å². The number of ether oxygens (including phenoxy) is 1. The van der Waals surface area contributed by atoms with Crippen molar-refractivity contribution in [1.82, 2.24) is 25.2 Å². The van der Waals surface area contributed by atoms with Gasteiger partial charge in [0.15, 0.2) is 5.69 Å². The van der Waals surface area contributed by atoms with Crippen molar-refractivity contribution in [3.8, 4) is 0 Å². The summed E-state index contributed by atoms with van der Waals surface area (Å²) in [5.41, 5.74) is 2.50. The number of hydrogen-bond donors (Lipinski definition) is 2. The first kappa shape index (κ1) is 25.5. The Kier molecular flexibility index (Phi) is 7.45. The predicted molar refractivity (Wildman–Crippen MR) is 142 cm³/mol. The molecular formula is C27H27FN6O3S. The number of likely N-dealkylation sites (tertiary alicyclic amines) is 1. The highest BCUT2D eigenvalue weighted by molar-refractivity contribution is 7.19. The number of anilines is 1. The lowest BCUT2D eigenvalue weighted by Crippen LogP contribution is -2.39. The zero-order valence-electron chi connectivity index (χ0n) is 21.0. The molecule has 196 valence electrons. The second kappa shape index (κ2) is 11.1. The molecule has 4 heterocycles. The molecule has 2 atom stereocenters. The molecule has 1 aliphatic rings. The summed E-state index contributed by atoms with van der Waals surface area (Å²) >= 11 is 1.46. The van der Waals surface area contributed by atoms with Gasteiger partial charge in [-0.25, -0.2) is 19.2 Å². The number of hydrogen-bond acceptors (Lipinski definition) is 8. The van der Waals surface area contributed by atoms with Crippen LogP contribution in [0.5, 0.6) is 0 Å². The Hall–Kier alpha value is -4.12. The summed E-state index contributed by atoms with van der Waals surface area (Å²) in [6.45, 7) is 4.80. The molecular weight excluding hydrogens is 507 g/mol. The van der Waals surface area contributed by atoms with Gasteiger partial charge in [0, 0.05) is 24.2 Å². The van der Waals surface area contributed by atoms with Crippen molar-refractivity contribution in [2.45, 2.75) is 39.0 Å². The highest BCUT2D eigenvalue weighted by Crippen LogP contribution is 2.30. The molecule has 0 radical (unpaired) electrons. The number of rotatable bonds is 7. The van der Waals surface area contributed by atoms with Gasteiger partial charge in [-0.1, -0.05) is 30.3 Å². The van der Waals surface area contributed by atoms with E-state index in [1.807, 2.05) is 50.2 Å². The van der Waals surface area contributed by atoms with Crippen LogP contribution in [0.3, 0.4) is 0 Å². The van der Waals surface area contributed by atoms with Gasteiger partial charge in [-0.15, -0.1) is 11.3 Å². The molecule has 0 saturated carbocycles. The number of aromatic nitrogens is 3. The molecule has 9 nitrogen and oxygen atoms in total. The van der Waals surface area contributed by atoms with Crippen LogP contribution < -0.4 is 10.6 Å². The summed E-state index contributed by atoms with van der Waals surface area (Å²) in [5, 5.41) is 6.02. The number of nitrogens with zero attached hydrogens (tertiary/aromatic N) is 4. The van der Waals surface area contributed by atoms with Crippen LogP contribution >= 0.6 is 11.3 Å². The lowest BCUT2D eigenvalue weighted by Gasteiger charge is -2.18. The largest absolute Gasteiger partial charge is 0.445 e. The Labute approximate surface area is 223 Å². The van der Waals surface area contributed by atoms with Gasteiger partial charge >= 0.3 is 6.09 Å². The van der Waals surface area contributed by atoms with Crippen LogP contribution in [-0.4, -0.2) is 51.0 Å². The summed E-state index contributed by atoms with van der Waals surface area (Å²) < 4.78 is 19.7. The molecule has 0 bridgehead atoms. The molecule has 38 heavy (non-hydrogen) atoms. The minimum atomic E-state index is -0.515. The molecule has 2 N–H and O–H groups in total. The summed E-state index contributed by atoms with van der Waals surface area (Å²) in [5.74, 6) is -0.393. The Morgan fingerprint density at radius 1 is 1.21 bits per heavy atom. The molecule has 1 aromatic carbocycles. The highest BCUT2D eigenvalue weighted by Gasteiger charge is 2.31. The summed E-state index contributed by atoms with van der Waals surface area (Å²) in [7, 11) is 0. The van der Waals surface area contributed by atoms with Gasteiger partial charge in [0.05, 0.1) is 28.5 Å². The number of aryl methyl sites for hydroxylation is 1. The Bertz CT molecular complexity index is 1460. The van der Waals surface area contributed by atoms with Gasteiger partial charge in [0.25, 0.3) is 5.91 Å². The van der Waals surface area contributed by atoms with E-state index in [-0.39, 0.29) is 30.5 Å². The number of carbonyl (C=O) groups is 2. The first-order chi connectivity index (χ1) is 18.4. The standard InChI is InChI=1S/C27H27FN6O3S/c1-16-10-22-24(38-16)23(33-26(32-22)30-17(2)19-11-20(28)13-29-12-19)25(35)34-9-8-21(14-34)31-27(36)37-15-18-6-4-3-5-7-18/h3-7,10-13,17,21H,8-9,14-15H2,1-2H3,(H,31,36)(H,30,32,33)/t17-,21-/m0/s1. The lowest BCUT2D eigenvalue weighted by molar-refractivity contribution is 0.0783. The van der Waals surface area contributed by atoms with Crippen molar-refractivity contribution >= 4 is 39.5 Å². The third-order valence-corrected chi connectivity index (χ3v) is 7.33. The third kappa shape index (κ3) is 5.88. The highest BCUT2D eigenvalue weighted by atomic mass is 32.1. The summed E-state index contributed by atoms with van der Waals surface area (Å²) in [6.07, 6.45) is 2.81. The maximum absolute atomic E-state index is 13.6. The van der Waals surface area contributed by atoms with E-state index in [2.05, 4.69) is 25.6 Å². The fourth-order valence-electron chi connectivity index (χ4n) is 4.34. The number of fused-ring (bicyclic) bond motifs is 1. The number of halogens is 1. The van der Waals surface area contributed by atoms with E-state index in [1.54, 1.807) is 11.1 Å². The number of nitrogens with one attached hydrogen (secondary N) is 2. The van der Waals surface area contributed by atoms with Crippen LogP contribution in [-0.2, 0) is 11.3 Å². The van der Waals surface area contributed by atoms with Crippen molar-refractivity contribution in [2.24, 2.45) is 0 Å². The predicted octanol–water partition coefficient (Wildman–Crippen LogP) is 4.85. The van der Waals surface area contributed by atoms with Gasteiger partial charge in [-0.3, -0.25) is 9.78 Å². The molecule has 0 unspecified atom stereocenters. The number of alkyl carbamates (subject to hydrolysis) is 1. The Balaban J connectivity index is 1.27. The van der Waals surface area contributed by atoms with Gasteiger partial charge in [-0.2, -0.15) is 0 Å². The molecule has 4 aromatic rings. The van der Waals surface area contributed by atoms with E-state index >= 15 is 0 Å². The molecule has 0 spiro atoms. The Morgan fingerprint density at radius 3 is 2.82 bits per heavy atom. The zero-order chi connectivity index (χ0) is 26.6. The van der Waals surface area contributed by atoms with Crippen molar-refractivity contribution in [3.05, 3.63) is 82.4 Å². The number of amides is 2. The minimum Gasteiger partial charge on any atom is -0.445 e. The van der Waals surface area contributed by atoms with Gasteiger partial charge < -0.3 is 20.3 Å². The van der Waals surface area contributed by atoms with E-state index in [4.69, 9.17) is 4.74 Å². The first-order valence-corrected chi connectivity index (χ1v) is 13.1. The van der Waals surface area contributed by atoms with Crippen LogP contribution in [0.25, 0.3) is 10.2 Å². The molecule has 3 aromatic heterocycles. The second-order valence-electron chi connectivity index (χ2n) is 9.21. The quantitative estimate of drug-likeness (QED) is 0.349. The molecule has 1 fully saturated rings. The number of pyridine rings is 1. The van der Waals surface area contributed by atoms with Crippen LogP contribution in [0.4, 0.5) is 15.1 Å². The smallest absolute Gasteiger partial charge is 0.407 e. The van der Waals surface area contributed by atoms with Crippen molar-refractivity contribution in [3.63, 3.8) is 0 Å². The van der Waals surface area contributed by atoms with Crippen molar-refractivity contribution < 1.29 is 18.7 Å². The van der Waals surface area contributed by atoms with Crippen LogP contribution in [0, 0.1) is 12.7 Å². The fourth-order valence-corrected chi connectivity index (χ4v) is 5.28. The number of carbonyl (C=O) groups excluding carboxylic acids is 2. The molecule has 2 amide bonds. The SMILES string of the molecule is Cc1cc2nc(N[C@@H](C)c3cncc(F)c3)nc(C(=O)N3CC[C@H](NC(=O)OCc4ccccc4)C3)c2s1. The van der Waals surface area contributed by atoms with Gasteiger partial charge in [0.2, 0.25) is 5.95 Å². The van der Waals surface area contributed by atoms with E-state index < -0.39 is 11.9 Å². The zero-order valence-corrected chi connectivity index (χ0v) is 21.8. The second-order valence-corrected chi connectivity index (χ2v) is 10.5. The van der Waals surface area contributed by atoms with Crippen LogP contribution in [0.15, 0.2) is 54.9 Å². The fraction of sp³-hybridized carbons (Fsp3) is 0.296. The monoisotopic (exact) mass is 534 g/mol.